The molecule has 2 amide bonds. The molecule has 0 radical (unpaired) electrons. The van der Waals surface area contributed by atoms with Gasteiger partial charge in [0.1, 0.15) is 5.54 Å². The van der Waals surface area contributed by atoms with Crippen LogP contribution in [-0.2, 0) is 4.79 Å². The fraction of sp³-hybridized carbons (Fsp3) is 0.846. The largest absolute Gasteiger partial charge is 0.480 e. The van der Waals surface area contributed by atoms with Gasteiger partial charge in [-0.3, -0.25) is 0 Å². The number of urea groups is 1. The van der Waals surface area contributed by atoms with Gasteiger partial charge in [0.2, 0.25) is 0 Å². The van der Waals surface area contributed by atoms with E-state index in [9.17, 15) is 9.59 Å². The minimum atomic E-state index is -1.17. The zero-order valence-electron chi connectivity index (χ0n) is 11.5. The number of carboxylic acid groups (broad SMARTS) is 1. The lowest BCUT2D eigenvalue weighted by Gasteiger charge is -2.35. The average Bonchev–Trinajstić information content (AvgIpc) is 2.38. The highest BCUT2D eigenvalue weighted by molar-refractivity contribution is 5.85. The first-order chi connectivity index (χ1) is 8.42. The summed E-state index contributed by atoms with van der Waals surface area (Å²) >= 11 is 0. The Kier molecular flexibility index (Phi) is 4.99. The van der Waals surface area contributed by atoms with Gasteiger partial charge in [0.15, 0.2) is 0 Å². The molecule has 0 spiro atoms. The SMILES string of the molecule is CCC1CCCN(C(=O)NC(C)(CC)C(=O)O)C1. The van der Waals surface area contributed by atoms with Crippen LogP contribution in [0.25, 0.3) is 0 Å². The highest BCUT2D eigenvalue weighted by Gasteiger charge is 2.35. The van der Waals surface area contributed by atoms with E-state index in [1.165, 1.54) is 0 Å². The summed E-state index contributed by atoms with van der Waals surface area (Å²) in [7, 11) is 0. The second-order valence-corrected chi connectivity index (χ2v) is 5.28. The molecule has 0 bridgehead atoms. The standard InChI is InChI=1S/C13H24N2O3/c1-4-10-7-6-8-15(9-10)12(18)14-13(3,5-2)11(16)17/h10H,4-9H2,1-3H3,(H,14,18)(H,16,17). The number of nitrogens with one attached hydrogen (secondary N) is 1. The molecule has 0 aromatic heterocycles. The maximum atomic E-state index is 12.1. The van der Waals surface area contributed by atoms with E-state index in [0.29, 0.717) is 12.3 Å². The van der Waals surface area contributed by atoms with Crippen molar-refractivity contribution >= 4 is 12.0 Å². The number of piperidine rings is 1. The van der Waals surface area contributed by atoms with Crippen molar-refractivity contribution in [3.05, 3.63) is 0 Å². The first-order valence-corrected chi connectivity index (χ1v) is 6.73. The lowest BCUT2D eigenvalue weighted by atomic mass is 9.95. The second kappa shape index (κ2) is 6.07. The minimum absolute atomic E-state index is 0.250. The summed E-state index contributed by atoms with van der Waals surface area (Å²) in [5.41, 5.74) is -1.17. The van der Waals surface area contributed by atoms with Crippen LogP contribution in [0.5, 0.6) is 0 Å². The fourth-order valence-corrected chi connectivity index (χ4v) is 2.19. The van der Waals surface area contributed by atoms with Gasteiger partial charge in [0, 0.05) is 13.1 Å². The van der Waals surface area contributed by atoms with Crippen molar-refractivity contribution in [3.8, 4) is 0 Å². The van der Waals surface area contributed by atoms with Gasteiger partial charge in [0.05, 0.1) is 0 Å². The predicted molar refractivity (Wildman–Crippen MR) is 69.5 cm³/mol. The highest BCUT2D eigenvalue weighted by atomic mass is 16.4. The molecule has 0 saturated carbocycles. The number of aliphatic carboxylic acids is 1. The van der Waals surface area contributed by atoms with Gasteiger partial charge in [-0.15, -0.1) is 0 Å². The maximum Gasteiger partial charge on any atom is 0.329 e. The van der Waals surface area contributed by atoms with Crippen LogP contribution in [0.15, 0.2) is 0 Å². The van der Waals surface area contributed by atoms with Crippen molar-refractivity contribution in [1.82, 2.24) is 10.2 Å². The Balaban J connectivity index is 2.61. The molecule has 1 aliphatic heterocycles. The number of rotatable bonds is 4. The van der Waals surface area contributed by atoms with Crippen LogP contribution in [0.2, 0.25) is 0 Å². The van der Waals surface area contributed by atoms with Crippen LogP contribution in [0.3, 0.4) is 0 Å². The van der Waals surface area contributed by atoms with Crippen LogP contribution in [0.4, 0.5) is 4.79 Å². The van der Waals surface area contributed by atoms with Crippen LogP contribution in [0.1, 0.15) is 46.5 Å². The third-order valence-electron chi connectivity index (χ3n) is 3.95. The van der Waals surface area contributed by atoms with E-state index in [4.69, 9.17) is 5.11 Å². The molecule has 0 aromatic rings. The van der Waals surface area contributed by atoms with E-state index in [1.54, 1.807) is 18.7 Å². The summed E-state index contributed by atoms with van der Waals surface area (Å²) in [6.07, 6.45) is 3.60. The van der Waals surface area contributed by atoms with Crippen molar-refractivity contribution in [1.29, 1.82) is 0 Å². The van der Waals surface area contributed by atoms with E-state index in [0.717, 1.165) is 32.4 Å². The lowest BCUT2D eigenvalue weighted by Crippen LogP contribution is -2.57. The molecule has 2 unspecified atom stereocenters. The second-order valence-electron chi connectivity index (χ2n) is 5.28. The third kappa shape index (κ3) is 3.37. The third-order valence-corrected chi connectivity index (χ3v) is 3.95. The molecule has 1 saturated heterocycles. The van der Waals surface area contributed by atoms with Gasteiger partial charge in [-0.1, -0.05) is 20.3 Å². The number of nitrogens with zero attached hydrogens (tertiary/aromatic N) is 1. The van der Waals surface area contributed by atoms with Crippen LogP contribution < -0.4 is 5.32 Å². The number of likely N-dealkylation sites (tertiary alicyclic amines) is 1. The van der Waals surface area contributed by atoms with Crippen molar-refractivity contribution in [2.24, 2.45) is 5.92 Å². The molecule has 1 fully saturated rings. The van der Waals surface area contributed by atoms with Gasteiger partial charge < -0.3 is 15.3 Å². The van der Waals surface area contributed by atoms with E-state index < -0.39 is 11.5 Å². The monoisotopic (exact) mass is 256 g/mol. The Morgan fingerprint density at radius 3 is 2.61 bits per heavy atom. The number of carboxylic acids is 1. The Morgan fingerprint density at radius 2 is 2.11 bits per heavy atom. The molecule has 1 heterocycles. The number of amides is 2. The average molecular weight is 256 g/mol. The molecule has 0 aromatic carbocycles. The van der Waals surface area contributed by atoms with Crippen LogP contribution in [0, 0.1) is 5.92 Å². The number of carbonyl (C=O) groups is 2. The Morgan fingerprint density at radius 1 is 1.44 bits per heavy atom. The van der Waals surface area contributed by atoms with Crippen LogP contribution in [-0.4, -0.2) is 40.6 Å². The van der Waals surface area contributed by atoms with Crippen molar-refractivity contribution < 1.29 is 14.7 Å². The summed E-state index contributed by atoms with van der Waals surface area (Å²) in [4.78, 5) is 25.0. The summed E-state index contributed by atoms with van der Waals surface area (Å²) in [5.74, 6) is -0.440. The lowest BCUT2D eigenvalue weighted by molar-refractivity contribution is -0.143. The molecular weight excluding hydrogens is 232 g/mol. The van der Waals surface area contributed by atoms with Gasteiger partial charge in [-0.05, 0) is 32.1 Å². The molecule has 0 aliphatic carbocycles. The molecule has 18 heavy (non-hydrogen) atoms. The molecular formula is C13H24N2O3. The van der Waals surface area contributed by atoms with E-state index in [2.05, 4.69) is 12.2 Å². The smallest absolute Gasteiger partial charge is 0.329 e. The molecule has 1 rings (SSSR count). The Hall–Kier alpha value is -1.26. The van der Waals surface area contributed by atoms with Crippen molar-refractivity contribution in [2.45, 2.75) is 52.0 Å². The van der Waals surface area contributed by atoms with Gasteiger partial charge in [-0.2, -0.15) is 0 Å². The zero-order chi connectivity index (χ0) is 13.8. The topological polar surface area (TPSA) is 69.6 Å². The van der Waals surface area contributed by atoms with Gasteiger partial charge in [-0.25, -0.2) is 9.59 Å². The summed E-state index contributed by atoms with van der Waals surface area (Å²) in [6, 6.07) is -0.250. The molecule has 1 aliphatic rings. The van der Waals surface area contributed by atoms with Crippen LogP contribution >= 0.6 is 0 Å². The predicted octanol–water partition coefficient (Wildman–Crippen LogP) is 2.07. The minimum Gasteiger partial charge on any atom is -0.480 e. The quantitative estimate of drug-likeness (QED) is 0.809. The van der Waals surface area contributed by atoms with Crippen molar-refractivity contribution in [2.75, 3.05) is 13.1 Å². The highest BCUT2D eigenvalue weighted by Crippen LogP contribution is 2.20. The molecule has 2 atom stereocenters. The van der Waals surface area contributed by atoms with E-state index in [-0.39, 0.29) is 6.03 Å². The van der Waals surface area contributed by atoms with Gasteiger partial charge in [0.25, 0.3) is 0 Å². The molecule has 2 N–H and O–H groups in total. The number of hydrogen-bond donors (Lipinski definition) is 2. The zero-order valence-corrected chi connectivity index (χ0v) is 11.5. The maximum absolute atomic E-state index is 12.1. The first-order valence-electron chi connectivity index (χ1n) is 6.73. The van der Waals surface area contributed by atoms with E-state index in [1.807, 2.05) is 0 Å². The summed E-state index contributed by atoms with van der Waals surface area (Å²) in [5, 5.41) is 11.8. The molecule has 104 valence electrons. The van der Waals surface area contributed by atoms with Gasteiger partial charge >= 0.3 is 12.0 Å². The molecule has 5 heteroatoms. The summed E-state index contributed by atoms with van der Waals surface area (Å²) in [6.45, 7) is 6.90. The van der Waals surface area contributed by atoms with Crippen molar-refractivity contribution in [3.63, 3.8) is 0 Å². The Labute approximate surface area is 109 Å². The number of hydrogen-bond acceptors (Lipinski definition) is 2. The normalized spacial score (nSPS) is 23.3. The van der Waals surface area contributed by atoms with E-state index >= 15 is 0 Å². The first kappa shape index (κ1) is 14.8. The summed E-state index contributed by atoms with van der Waals surface area (Å²) < 4.78 is 0. The molecule has 5 nitrogen and oxygen atoms in total. The fourth-order valence-electron chi connectivity index (χ4n) is 2.19. The Bertz CT molecular complexity index is 319. The number of carbonyl (C=O) groups excluding carboxylic acids is 1.